The summed E-state index contributed by atoms with van der Waals surface area (Å²) in [5, 5.41) is 0.550. The Bertz CT molecular complexity index is 998. The van der Waals surface area contributed by atoms with Gasteiger partial charge in [-0.05, 0) is 30.2 Å². The Morgan fingerprint density at radius 2 is 1.36 bits per heavy atom. The van der Waals surface area contributed by atoms with Gasteiger partial charge in [-0.1, -0.05) is 66.2 Å². The third-order valence-electron chi connectivity index (χ3n) is 4.71. The molecule has 28 heavy (non-hydrogen) atoms. The summed E-state index contributed by atoms with van der Waals surface area (Å²) in [6.07, 6.45) is 0.525. The highest BCUT2D eigenvalue weighted by Crippen LogP contribution is 2.35. The first-order valence-electron chi connectivity index (χ1n) is 9.09. The Morgan fingerprint density at radius 3 is 2.04 bits per heavy atom. The van der Waals surface area contributed by atoms with Crippen LogP contribution >= 0.6 is 11.6 Å². The molecular formula is C23H18ClNO3. The van der Waals surface area contributed by atoms with Crippen molar-refractivity contribution in [2.45, 2.75) is 6.42 Å². The number of imide groups is 1. The number of hydrogen-bond acceptors (Lipinski definition) is 3. The first-order chi connectivity index (χ1) is 13.7. The molecule has 2 amide bonds. The van der Waals surface area contributed by atoms with Gasteiger partial charge in [-0.3, -0.25) is 14.5 Å². The number of carbonyl (C=O) groups excluding carboxylic acids is 2. The molecule has 1 aliphatic heterocycles. The number of carbonyl (C=O) groups is 2. The highest BCUT2D eigenvalue weighted by Gasteiger charge is 2.34. The van der Waals surface area contributed by atoms with Crippen molar-refractivity contribution in [2.24, 2.45) is 0 Å². The molecule has 0 bridgehead atoms. The molecule has 0 atom stereocenters. The number of ether oxygens (including phenoxy) is 1. The molecule has 0 saturated carbocycles. The van der Waals surface area contributed by atoms with Crippen molar-refractivity contribution in [3.05, 3.63) is 88.9 Å². The van der Waals surface area contributed by atoms with E-state index in [1.54, 1.807) is 24.3 Å². The first kappa shape index (κ1) is 18.3. The Labute approximate surface area is 168 Å². The molecule has 0 N–H and O–H groups in total. The van der Waals surface area contributed by atoms with Gasteiger partial charge in [0.2, 0.25) is 0 Å². The van der Waals surface area contributed by atoms with E-state index in [2.05, 4.69) is 0 Å². The molecule has 0 unspecified atom stereocenters. The topological polar surface area (TPSA) is 46.6 Å². The van der Waals surface area contributed by atoms with Crippen molar-refractivity contribution in [2.75, 3.05) is 13.2 Å². The summed E-state index contributed by atoms with van der Waals surface area (Å²) >= 11 is 6.51. The summed E-state index contributed by atoms with van der Waals surface area (Å²) in [6.45, 7) is 0.660. The highest BCUT2D eigenvalue weighted by atomic mass is 35.5. The molecule has 1 heterocycles. The summed E-state index contributed by atoms with van der Waals surface area (Å²) in [6, 6.07) is 22.4. The van der Waals surface area contributed by atoms with Gasteiger partial charge in [0.05, 0.1) is 22.8 Å². The lowest BCUT2D eigenvalue weighted by Crippen LogP contribution is -2.31. The van der Waals surface area contributed by atoms with Crippen molar-refractivity contribution in [1.29, 1.82) is 0 Å². The lowest BCUT2D eigenvalue weighted by atomic mass is 10.1. The molecule has 5 heteroatoms. The second-order valence-corrected chi connectivity index (χ2v) is 6.87. The molecule has 0 spiro atoms. The Morgan fingerprint density at radius 1 is 0.750 bits per heavy atom. The standard InChI is InChI=1S/C23H18ClNO3/c24-21-17(16-8-2-1-3-9-16)12-6-13-20(21)28-15-7-14-25-22(26)18-10-4-5-11-19(18)23(25)27/h1-6,8-13H,7,14-15H2. The molecule has 3 aromatic carbocycles. The smallest absolute Gasteiger partial charge is 0.261 e. The van der Waals surface area contributed by atoms with E-state index in [4.69, 9.17) is 16.3 Å². The molecule has 4 rings (SSSR count). The normalized spacial score (nSPS) is 13.0. The van der Waals surface area contributed by atoms with Gasteiger partial charge in [0.15, 0.2) is 0 Å². The lowest BCUT2D eigenvalue weighted by molar-refractivity contribution is 0.0647. The van der Waals surface area contributed by atoms with Crippen molar-refractivity contribution < 1.29 is 14.3 Å². The maximum absolute atomic E-state index is 12.4. The molecule has 0 aromatic heterocycles. The molecule has 3 aromatic rings. The lowest BCUT2D eigenvalue weighted by Gasteiger charge is -2.15. The van der Waals surface area contributed by atoms with E-state index in [-0.39, 0.29) is 11.8 Å². The SMILES string of the molecule is O=C1c2ccccc2C(=O)N1CCCOc1cccc(-c2ccccc2)c1Cl. The van der Waals surface area contributed by atoms with Gasteiger partial charge in [-0.15, -0.1) is 0 Å². The minimum absolute atomic E-state index is 0.246. The van der Waals surface area contributed by atoms with Crippen LogP contribution in [0.15, 0.2) is 72.8 Å². The molecule has 4 nitrogen and oxygen atoms in total. The Hall–Kier alpha value is -3.11. The van der Waals surface area contributed by atoms with Crippen LogP contribution in [-0.2, 0) is 0 Å². The fourth-order valence-corrected chi connectivity index (χ4v) is 3.60. The molecular weight excluding hydrogens is 374 g/mol. The van der Waals surface area contributed by atoms with Crippen LogP contribution in [0.1, 0.15) is 27.1 Å². The van der Waals surface area contributed by atoms with Gasteiger partial charge in [0.1, 0.15) is 5.75 Å². The zero-order valence-electron chi connectivity index (χ0n) is 15.1. The summed E-state index contributed by atoms with van der Waals surface area (Å²) in [7, 11) is 0. The van der Waals surface area contributed by atoms with E-state index in [1.165, 1.54) is 4.90 Å². The first-order valence-corrected chi connectivity index (χ1v) is 9.46. The number of halogens is 1. The fourth-order valence-electron chi connectivity index (χ4n) is 3.31. The Kier molecular flexibility index (Phi) is 5.13. The second kappa shape index (κ2) is 7.87. The number of amides is 2. The van der Waals surface area contributed by atoms with Crippen molar-refractivity contribution in [3.8, 4) is 16.9 Å². The van der Waals surface area contributed by atoms with Gasteiger partial charge in [-0.2, -0.15) is 0 Å². The van der Waals surface area contributed by atoms with E-state index in [9.17, 15) is 9.59 Å². The van der Waals surface area contributed by atoms with Gasteiger partial charge >= 0.3 is 0 Å². The molecule has 140 valence electrons. The quantitative estimate of drug-likeness (QED) is 0.435. The largest absolute Gasteiger partial charge is 0.492 e. The zero-order chi connectivity index (χ0) is 19.5. The van der Waals surface area contributed by atoms with E-state index < -0.39 is 0 Å². The van der Waals surface area contributed by atoms with Crippen molar-refractivity contribution in [3.63, 3.8) is 0 Å². The van der Waals surface area contributed by atoms with Crippen molar-refractivity contribution >= 4 is 23.4 Å². The van der Waals surface area contributed by atoms with Crippen LogP contribution in [0, 0.1) is 0 Å². The van der Waals surface area contributed by atoms with Gasteiger partial charge in [-0.25, -0.2) is 0 Å². The summed E-state index contributed by atoms with van der Waals surface area (Å²) in [5.41, 5.74) is 2.85. The maximum atomic E-state index is 12.4. The molecule has 0 radical (unpaired) electrons. The Balaban J connectivity index is 1.38. The molecule has 1 aliphatic rings. The monoisotopic (exact) mass is 391 g/mol. The van der Waals surface area contributed by atoms with Gasteiger partial charge in [0.25, 0.3) is 11.8 Å². The fraction of sp³-hybridized carbons (Fsp3) is 0.130. The number of fused-ring (bicyclic) bond motifs is 1. The zero-order valence-corrected chi connectivity index (χ0v) is 15.9. The summed E-state index contributed by atoms with van der Waals surface area (Å²) in [4.78, 5) is 26.0. The molecule has 0 aliphatic carbocycles. The summed E-state index contributed by atoms with van der Waals surface area (Å²) < 4.78 is 5.83. The van der Waals surface area contributed by atoms with Crippen LogP contribution < -0.4 is 4.74 Å². The number of nitrogens with zero attached hydrogens (tertiary/aromatic N) is 1. The van der Waals surface area contributed by atoms with Crippen LogP contribution in [0.4, 0.5) is 0 Å². The summed E-state index contributed by atoms with van der Waals surface area (Å²) in [5.74, 6) is 0.0970. The van der Waals surface area contributed by atoms with Crippen LogP contribution in [-0.4, -0.2) is 29.9 Å². The third-order valence-corrected chi connectivity index (χ3v) is 5.10. The third kappa shape index (κ3) is 3.39. The van der Waals surface area contributed by atoms with E-state index in [0.29, 0.717) is 41.5 Å². The molecule has 0 fully saturated rings. The van der Waals surface area contributed by atoms with Gasteiger partial charge < -0.3 is 4.74 Å². The maximum Gasteiger partial charge on any atom is 0.261 e. The number of hydrogen-bond donors (Lipinski definition) is 0. The number of benzene rings is 3. The predicted molar refractivity (Wildman–Crippen MR) is 109 cm³/mol. The van der Waals surface area contributed by atoms with Gasteiger partial charge in [0, 0.05) is 12.1 Å². The minimum atomic E-state index is -0.246. The van der Waals surface area contributed by atoms with Crippen LogP contribution in [0.2, 0.25) is 5.02 Å². The van der Waals surface area contributed by atoms with Crippen LogP contribution in [0.3, 0.4) is 0 Å². The second-order valence-electron chi connectivity index (χ2n) is 6.49. The van der Waals surface area contributed by atoms with Crippen LogP contribution in [0.25, 0.3) is 11.1 Å². The average Bonchev–Trinajstić information content (AvgIpc) is 2.98. The van der Waals surface area contributed by atoms with E-state index in [0.717, 1.165) is 11.1 Å². The predicted octanol–water partition coefficient (Wildman–Crippen LogP) is 5.07. The molecule has 0 saturated heterocycles. The van der Waals surface area contributed by atoms with E-state index in [1.807, 2.05) is 48.5 Å². The minimum Gasteiger partial charge on any atom is -0.492 e. The average molecular weight is 392 g/mol. The van der Waals surface area contributed by atoms with E-state index >= 15 is 0 Å². The van der Waals surface area contributed by atoms with Crippen molar-refractivity contribution in [1.82, 2.24) is 4.90 Å². The number of rotatable bonds is 6. The van der Waals surface area contributed by atoms with Crippen LogP contribution in [0.5, 0.6) is 5.75 Å². The highest BCUT2D eigenvalue weighted by molar-refractivity contribution is 6.34.